The van der Waals surface area contributed by atoms with Crippen LogP contribution in [-0.4, -0.2) is 21.6 Å². The second-order valence-electron chi connectivity index (χ2n) is 2.18. The van der Waals surface area contributed by atoms with Gasteiger partial charge in [0.1, 0.15) is 0 Å². The zero-order chi connectivity index (χ0) is 15.9. The van der Waals surface area contributed by atoms with Crippen molar-refractivity contribution in [1.29, 1.82) is 0 Å². The van der Waals surface area contributed by atoms with Crippen LogP contribution in [0.5, 0.6) is 0 Å². The minimum Gasteiger partial charge on any atom is 1.00 e. The Morgan fingerprint density at radius 2 is 0.524 bits per heavy atom. The van der Waals surface area contributed by atoms with Crippen LogP contribution in [0.3, 0.4) is 0 Å². The summed E-state index contributed by atoms with van der Waals surface area (Å²) in [4.78, 5) is 63.3. The molecule has 21 heavy (non-hydrogen) atoms. The largest absolute Gasteiger partial charge is 1.00 e. The van der Waals surface area contributed by atoms with Gasteiger partial charge in [-0.15, -0.1) is 0 Å². The predicted octanol–water partition coefficient (Wildman–Crippen LogP) is -7.63. The average Bonchev–Trinajstić information content (AvgIpc) is 2.15. The molecule has 0 aromatic rings. The fourth-order valence-electron chi connectivity index (χ4n) is 0.667. The Kier molecular flexibility index (Phi) is 8.54. The molecule has 0 aromatic carbocycles. The summed E-state index contributed by atoms with van der Waals surface area (Å²) in [5.74, 6) is 0. The first-order chi connectivity index (χ1) is 8.34. The van der Waals surface area contributed by atoms with Gasteiger partial charge in [0.25, 0.3) is 0 Å². The molecule has 0 saturated carbocycles. The van der Waals surface area contributed by atoms with Crippen LogP contribution >= 0.6 is 0 Å². The summed E-state index contributed by atoms with van der Waals surface area (Å²) in [5.41, 5.74) is 0. The van der Waals surface area contributed by atoms with Gasteiger partial charge < -0.3 is 0 Å². The topological polar surface area (TPSA) is 259 Å². The SMILES string of the molecule is O=[N+]([O-])[Ir-2]([N+](=O)[O-])([N+](=O)[O-])([N+](=O)[O-])([N+](=O)[O-])[N+](=O)[O-].[K+].[K+]. The van der Waals surface area contributed by atoms with Gasteiger partial charge in [0.15, 0.2) is 0 Å². The fourth-order valence-corrected chi connectivity index (χ4v) is 5.46. The Labute approximate surface area is 195 Å². The number of nitro groups is 6. The van der Waals surface area contributed by atoms with Gasteiger partial charge in [-0.25, -0.2) is 0 Å². The van der Waals surface area contributed by atoms with Crippen molar-refractivity contribution in [2.75, 3.05) is 0 Å². The van der Waals surface area contributed by atoms with Gasteiger partial charge in [-0.1, -0.05) is 0 Å². The summed E-state index contributed by atoms with van der Waals surface area (Å²) >= 11 is -11.1. The normalized spacial score (nSPS) is 13.1. The molecule has 0 aliphatic heterocycles. The molecular weight excluding hydrogens is 546 g/mol. The van der Waals surface area contributed by atoms with Crippen LogP contribution in [0.25, 0.3) is 0 Å². The monoisotopic (exact) mass is 547 g/mol. The summed E-state index contributed by atoms with van der Waals surface area (Å²) in [6.45, 7) is 0. The Balaban J connectivity index is -0.00000162. The quantitative estimate of drug-likeness (QED) is 0.171. The van der Waals surface area contributed by atoms with Crippen molar-refractivity contribution in [3.63, 3.8) is 0 Å². The summed E-state index contributed by atoms with van der Waals surface area (Å²) in [6.07, 6.45) is 0. The van der Waals surface area contributed by atoms with Crippen molar-refractivity contribution < 1.29 is 139 Å². The summed E-state index contributed by atoms with van der Waals surface area (Å²) in [7, 11) is 0. The van der Waals surface area contributed by atoms with Gasteiger partial charge >= 0.3 is 199 Å². The maximum atomic E-state index is 10.6. The molecule has 21 heteroatoms. The molecule has 0 spiro atoms. The van der Waals surface area contributed by atoms with Crippen molar-refractivity contribution >= 4 is 0 Å². The van der Waals surface area contributed by atoms with E-state index in [0.29, 0.717) is 0 Å². The predicted molar refractivity (Wildman–Crippen MR) is 42.0 cm³/mol. The Morgan fingerprint density at radius 3 is 0.524 bits per heavy atom. The molecule has 0 aromatic heterocycles. The average molecular weight is 546 g/mol. The maximum absolute atomic E-state index is 11.1. The van der Waals surface area contributed by atoms with E-state index in [2.05, 4.69) is 0 Å². The van der Waals surface area contributed by atoms with Gasteiger partial charge in [0, 0.05) is 0 Å². The van der Waals surface area contributed by atoms with E-state index in [4.69, 9.17) is 0 Å². The molecule has 0 rings (SSSR count). The fraction of sp³-hybridized carbons (Fsp3) is 0. The van der Waals surface area contributed by atoms with Gasteiger partial charge in [-0.3, -0.25) is 0 Å². The van der Waals surface area contributed by atoms with Crippen LogP contribution < -0.4 is 103 Å². The molecule has 0 heterocycles. The number of hydrogen-bond donors (Lipinski definition) is 0. The first-order valence-electron chi connectivity index (χ1n) is 3.09. The molecule has 0 bridgehead atoms. The van der Waals surface area contributed by atoms with E-state index < -0.39 is 35.9 Å². The Morgan fingerprint density at radius 1 is 0.429 bits per heavy atom. The molecule has 113 valence electrons. The second-order valence-corrected chi connectivity index (χ2v) is 14.6. The molecule has 18 nitrogen and oxygen atoms in total. The van der Waals surface area contributed by atoms with Gasteiger partial charge in [-0.05, 0) is 0 Å². The third-order valence-electron chi connectivity index (χ3n) is 1.63. The third kappa shape index (κ3) is 1.87. The minimum atomic E-state index is -11.1. The van der Waals surface area contributed by atoms with Crippen molar-refractivity contribution in [2.45, 2.75) is 0 Å². The van der Waals surface area contributed by atoms with E-state index in [9.17, 15) is 60.7 Å². The summed E-state index contributed by atoms with van der Waals surface area (Å²) < 4.78 is -19.2. The van der Waals surface area contributed by atoms with Crippen LogP contribution in [-0.2, 0) is 14.3 Å². The van der Waals surface area contributed by atoms with Crippen molar-refractivity contribution in [1.82, 2.24) is 0 Å². The molecule has 0 amide bonds. The standard InChI is InChI=1S/Ir.2K.6NO2/c;;;6*2-1-3/q-2;2*+1;;;;;;. The van der Waals surface area contributed by atoms with Crippen LogP contribution in [0.4, 0.5) is 0 Å². The summed E-state index contributed by atoms with van der Waals surface area (Å²) in [5, 5.41) is 63.3. The first-order valence-corrected chi connectivity index (χ1v) is 9.51. The van der Waals surface area contributed by atoms with Crippen molar-refractivity contribution in [3.05, 3.63) is 60.7 Å². The van der Waals surface area contributed by atoms with Crippen LogP contribution in [0.2, 0.25) is 0 Å². The van der Waals surface area contributed by atoms with Gasteiger partial charge in [0.05, 0.1) is 0 Å². The zero-order valence-corrected chi connectivity index (χ0v) is 18.6. The maximum Gasteiger partial charge on any atom is 1.00 e. The molecule has 0 aliphatic carbocycles. The van der Waals surface area contributed by atoms with E-state index >= 15 is 0 Å². The van der Waals surface area contributed by atoms with Crippen LogP contribution in [0.1, 0.15) is 0 Å². The van der Waals surface area contributed by atoms with E-state index in [0.717, 1.165) is 0 Å². The molecule has 0 aliphatic rings. The number of hydrogen-bond acceptors (Lipinski definition) is 12. The zero-order valence-electron chi connectivity index (χ0n) is 9.92. The van der Waals surface area contributed by atoms with E-state index in [1.165, 1.54) is 0 Å². The van der Waals surface area contributed by atoms with Crippen molar-refractivity contribution in [3.8, 4) is 0 Å². The third-order valence-corrected chi connectivity index (χ3v) is 13.4. The Hall–Kier alpha value is 0.322. The molecule has 0 N–H and O–H groups in total. The van der Waals surface area contributed by atoms with E-state index in [1.54, 1.807) is 0 Å². The molecule has 0 saturated heterocycles. The molecule has 0 atom stereocenters. The molecule has 0 radical (unpaired) electrons. The van der Waals surface area contributed by atoms with Gasteiger partial charge in [0.2, 0.25) is 0 Å². The number of nitrogens with zero attached hydrogens (tertiary/aromatic N) is 6. The molecular formula is IrK2N6O12. The minimum absolute atomic E-state index is 0. The van der Waals surface area contributed by atoms with E-state index in [-0.39, 0.29) is 103 Å². The first kappa shape index (κ1) is 26.2. The van der Waals surface area contributed by atoms with Crippen LogP contribution in [0, 0.1) is 60.7 Å². The molecule has 0 fully saturated rings. The molecule has 0 unspecified atom stereocenters. The summed E-state index contributed by atoms with van der Waals surface area (Å²) in [6, 6.07) is 0. The van der Waals surface area contributed by atoms with Crippen LogP contribution in [0.15, 0.2) is 0 Å². The Bertz CT molecular complexity index is 435. The van der Waals surface area contributed by atoms with Crippen molar-refractivity contribution in [2.24, 2.45) is 0 Å². The van der Waals surface area contributed by atoms with Gasteiger partial charge in [-0.2, -0.15) is 0 Å². The smallest absolute Gasteiger partial charge is 1.00 e. The number of rotatable bonds is 6. The second kappa shape index (κ2) is 6.83. The van der Waals surface area contributed by atoms with E-state index in [1.807, 2.05) is 0 Å².